The average Bonchev–Trinajstić information content (AvgIpc) is 2.80. The Bertz CT molecular complexity index is 525. The minimum absolute atomic E-state index is 0.0631. The molecule has 1 heterocycles. The van der Waals surface area contributed by atoms with Gasteiger partial charge >= 0.3 is 0 Å². The first-order chi connectivity index (χ1) is 8.16. The number of halogens is 1. The van der Waals surface area contributed by atoms with Gasteiger partial charge in [-0.3, -0.25) is 9.78 Å². The maximum atomic E-state index is 11.4. The van der Waals surface area contributed by atoms with E-state index >= 15 is 0 Å². The van der Waals surface area contributed by atoms with Crippen molar-refractivity contribution in [3.63, 3.8) is 0 Å². The third-order valence-electron chi connectivity index (χ3n) is 2.17. The van der Waals surface area contributed by atoms with Crippen LogP contribution in [0.2, 0.25) is 5.02 Å². The van der Waals surface area contributed by atoms with Crippen LogP contribution in [-0.4, -0.2) is 10.8 Å². The van der Waals surface area contributed by atoms with Crippen molar-refractivity contribution in [3.05, 3.63) is 45.4 Å². The molecule has 0 aliphatic rings. The summed E-state index contributed by atoms with van der Waals surface area (Å²) < 4.78 is 5.59. The van der Waals surface area contributed by atoms with Crippen molar-refractivity contribution in [1.82, 2.24) is 4.98 Å². The molecule has 0 fully saturated rings. The second kappa shape index (κ2) is 5.29. The molecule has 1 aromatic carbocycles. The van der Waals surface area contributed by atoms with Gasteiger partial charge in [-0.1, -0.05) is 11.6 Å². The van der Waals surface area contributed by atoms with E-state index in [0.29, 0.717) is 22.9 Å². The number of hydrogen-bond acceptors (Lipinski definition) is 4. The second-order valence-electron chi connectivity index (χ2n) is 3.45. The molecule has 0 amide bonds. The fourth-order valence-corrected chi connectivity index (χ4v) is 2.04. The van der Waals surface area contributed by atoms with Crippen molar-refractivity contribution in [3.8, 4) is 5.75 Å². The van der Waals surface area contributed by atoms with Gasteiger partial charge in [-0.05, 0) is 25.1 Å². The Morgan fingerprint density at radius 3 is 3.00 bits per heavy atom. The maximum Gasteiger partial charge on any atom is 0.163 e. The number of Topliss-reactive ketones (excluding diaryl/α,β-unsaturated/α-hetero) is 1. The van der Waals surface area contributed by atoms with Crippen LogP contribution in [-0.2, 0) is 6.61 Å². The minimum atomic E-state index is -0.0631. The summed E-state index contributed by atoms with van der Waals surface area (Å²) in [6, 6.07) is 5.03. The lowest BCUT2D eigenvalue weighted by Crippen LogP contribution is -2.00. The predicted octanol–water partition coefficient (Wildman–Crippen LogP) is 3.58. The summed E-state index contributed by atoms with van der Waals surface area (Å²) in [4.78, 5) is 16.4. The van der Waals surface area contributed by atoms with Crippen molar-refractivity contribution in [1.29, 1.82) is 0 Å². The highest BCUT2D eigenvalue weighted by Gasteiger charge is 2.09. The lowest BCUT2D eigenvalue weighted by atomic mass is 10.1. The molecule has 0 atom stereocenters. The molecule has 88 valence electrons. The van der Waals surface area contributed by atoms with Crippen LogP contribution >= 0.6 is 22.9 Å². The zero-order chi connectivity index (χ0) is 12.3. The van der Waals surface area contributed by atoms with Crippen LogP contribution in [0.3, 0.4) is 0 Å². The Hall–Kier alpha value is -1.39. The molecule has 0 saturated heterocycles. The fraction of sp³-hybridized carbons (Fsp3) is 0.167. The lowest BCUT2D eigenvalue weighted by Gasteiger charge is -2.08. The van der Waals surface area contributed by atoms with Gasteiger partial charge in [0.2, 0.25) is 0 Å². The summed E-state index contributed by atoms with van der Waals surface area (Å²) in [5, 5.41) is 0.528. The summed E-state index contributed by atoms with van der Waals surface area (Å²) in [5.41, 5.74) is 2.24. The zero-order valence-corrected chi connectivity index (χ0v) is 10.7. The predicted molar refractivity (Wildman–Crippen MR) is 67.9 cm³/mol. The van der Waals surface area contributed by atoms with Crippen LogP contribution in [0.15, 0.2) is 29.9 Å². The maximum absolute atomic E-state index is 11.4. The Morgan fingerprint density at radius 1 is 1.53 bits per heavy atom. The second-order valence-corrected chi connectivity index (χ2v) is 4.86. The van der Waals surface area contributed by atoms with E-state index in [4.69, 9.17) is 16.3 Å². The summed E-state index contributed by atoms with van der Waals surface area (Å²) in [6.45, 7) is 1.90. The molecule has 0 radical (unpaired) electrons. The molecular formula is C12H10ClNO2S. The molecule has 3 nitrogen and oxygen atoms in total. The van der Waals surface area contributed by atoms with Gasteiger partial charge < -0.3 is 4.74 Å². The third kappa shape index (κ3) is 3.05. The van der Waals surface area contributed by atoms with Gasteiger partial charge in [-0.2, -0.15) is 0 Å². The number of carbonyl (C=O) groups excluding carboxylic acids is 1. The molecule has 1 aromatic heterocycles. The molecule has 5 heteroatoms. The first-order valence-corrected chi connectivity index (χ1v) is 6.23. The minimum Gasteiger partial charge on any atom is -0.487 e. The summed E-state index contributed by atoms with van der Waals surface area (Å²) in [7, 11) is 0. The lowest BCUT2D eigenvalue weighted by molar-refractivity contribution is 0.101. The highest BCUT2D eigenvalue weighted by molar-refractivity contribution is 7.09. The monoisotopic (exact) mass is 267 g/mol. The number of ketones is 1. The largest absolute Gasteiger partial charge is 0.487 e. The van der Waals surface area contributed by atoms with Gasteiger partial charge in [-0.15, -0.1) is 11.3 Å². The van der Waals surface area contributed by atoms with Gasteiger partial charge in [0.15, 0.2) is 5.78 Å². The smallest absolute Gasteiger partial charge is 0.163 e. The molecule has 0 spiro atoms. The summed E-state index contributed by atoms with van der Waals surface area (Å²) in [5.74, 6) is 0.488. The zero-order valence-electron chi connectivity index (χ0n) is 9.14. The Kier molecular flexibility index (Phi) is 3.76. The van der Waals surface area contributed by atoms with Gasteiger partial charge in [0.1, 0.15) is 12.4 Å². The van der Waals surface area contributed by atoms with Crippen molar-refractivity contribution in [2.24, 2.45) is 0 Å². The summed E-state index contributed by atoms with van der Waals surface area (Å²) in [6.07, 6.45) is 1.74. The van der Waals surface area contributed by atoms with Crippen molar-refractivity contribution < 1.29 is 9.53 Å². The molecular weight excluding hydrogens is 258 g/mol. The van der Waals surface area contributed by atoms with E-state index in [1.165, 1.54) is 18.3 Å². The number of hydrogen-bond donors (Lipinski definition) is 0. The normalized spacial score (nSPS) is 10.2. The molecule has 0 bridgehead atoms. The number of benzene rings is 1. The van der Waals surface area contributed by atoms with Crippen molar-refractivity contribution in [2.45, 2.75) is 13.5 Å². The Balaban J connectivity index is 2.17. The van der Waals surface area contributed by atoms with E-state index in [0.717, 1.165) is 4.88 Å². The Morgan fingerprint density at radius 2 is 2.35 bits per heavy atom. The van der Waals surface area contributed by atoms with Crippen LogP contribution in [0.1, 0.15) is 22.2 Å². The number of ether oxygens (including phenoxy) is 1. The highest BCUT2D eigenvalue weighted by atomic mass is 35.5. The third-order valence-corrected chi connectivity index (χ3v) is 3.16. The van der Waals surface area contributed by atoms with E-state index in [1.54, 1.807) is 29.9 Å². The SMILES string of the molecule is CC(=O)c1cc(Cl)ccc1OCc1cncs1. The van der Waals surface area contributed by atoms with E-state index in [-0.39, 0.29) is 5.78 Å². The van der Waals surface area contributed by atoms with Crippen molar-refractivity contribution >= 4 is 28.7 Å². The topological polar surface area (TPSA) is 39.2 Å². The molecule has 0 aliphatic carbocycles. The van der Waals surface area contributed by atoms with Crippen LogP contribution in [0, 0.1) is 0 Å². The molecule has 0 unspecified atom stereocenters. The average molecular weight is 268 g/mol. The van der Waals surface area contributed by atoms with E-state index in [1.807, 2.05) is 0 Å². The van der Waals surface area contributed by atoms with Crippen LogP contribution in [0.25, 0.3) is 0 Å². The summed E-state index contributed by atoms with van der Waals surface area (Å²) >= 11 is 7.36. The van der Waals surface area contributed by atoms with Crippen molar-refractivity contribution in [2.75, 3.05) is 0 Å². The number of carbonyl (C=O) groups is 1. The number of rotatable bonds is 4. The highest BCUT2D eigenvalue weighted by Crippen LogP contribution is 2.24. The molecule has 0 aliphatic heterocycles. The molecule has 17 heavy (non-hydrogen) atoms. The fourth-order valence-electron chi connectivity index (χ4n) is 1.37. The number of thiazole rings is 1. The van der Waals surface area contributed by atoms with Crippen LogP contribution in [0.5, 0.6) is 5.75 Å². The van der Waals surface area contributed by atoms with Gasteiger partial charge in [0.25, 0.3) is 0 Å². The van der Waals surface area contributed by atoms with E-state index < -0.39 is 0 Å². The molecule has 0 N–H and O–H groups in total. The van der Waals surface area contributed by atoms with Gasteiger partial charge in [0, 0.05) is 11.2 Å². The standard InChI is InChI=1S/C12H10ClNO2S/c1-8(15)11-4-9(13)2-3-12(11)16-6-10-5-14-7-17-10/h2-5,7H,6H2,1H3. The molecule has 2 aromatic rings. The van der Waals surface area contributed by atoms with Gasteiger partial charge in [-0.25, -0.2) is 0 Å². The van der Waals surface area contributed by atoms with E-state index in [9.17, 15) is 4.79 Å². The van der Waals surface area contributed by atoms with E-state index in [2.05, 4.69) is 4.98 Å². The quantitative estimate of drug-likeness (QED) is 0.795. The molecule has 2 rings (SSSR count). The first-order valence-electron chi connectivity index (χ1n) is 4.97. The van der Waals surface area contributed by atoms with Crippen LogP contribution in [0.4, 0.5) is 0 Å². The molecule has 0 saturated carbocycles. The van der Waals surface area contributed by atoms with Gasteiger partial charge in [0.05, 0.1) is 16.0 Å². The Labute approximate surface area is 108 Å². The number of nitrogens with zero attached hydrogens (tertiary/aromatic N) is 1. The van der Waals surface area contributed by atoms with Crippen LogP contribution < -0.4 is 4.74 Å². The number of aromatic nitrogens is 1. The first kappa shape index (κ1) is 12.1.